The number of hydrogen-bond donors (Lipinski definition) is 3. The largest absolute Gasteiger partial charge is 0.508 e. The molecule has 0 radical (unpaired) electrons. The number of hydrogen-bond acceptors (Lipinski definition) is 5. The lowest BCUT2D eigenvalue weighted by atomic mass is 9.61. The zero-order valence-corrected chi connectivity index (χ0v) is 17.6. The smallest absolute Gasteiger partial charge is 0.321 e. The third-order valence-corrected chi connectivity index (χ3v) is 7.57. The molecule has 6 nitrogen and oxygen atoms in total. The first-order chi connectivity index (χ1) is 14.3. The molecule has 30 heavy (non-hydrogen) atoms. The van der Waals surface area contributed by atoms with Crippen LogP contribution in [-0.2, 0) is 11.8 Å². The van der Waals surface area contributed by atoms with E-state index in [0.29, 0.717) is 10.6 Å². The van der Waals surface area contributed by atoms with Crippen molar-refractivity contribution in [1.29, 1.82) is 0 Å². The Morgan fingerprint density at radius 1 is 1.33 bits per heavy atom. The number of phenolic OH excluding ortho intramolecular Hbond substituents is 1. The topological polar surface area (TPSA) is 77.5 Å². The van der Waals surface area contributed by atoms with Crippen LogP contribution in [0.1, 0.15) is 24.5 Å². The number of piperidine rings is 1. The van der Waals surface area contributed by atoms with Crippen LogP contribution in [-0.4, -0.2) is 46.7 Å². The van der Waals surface area contributed by atoms with Gasteiger partial charge in [0.2, 0.25) is 0 Å². The number of urea groups is 1. The third-order valence-electron chi connectivity index (χ3n) is 6.62. The fraction of sp³-hybridized carbons (Fsp3) is 0.364. The molecule has 2 heterocycles. The molecule has 0 saturated carbocycles. The van der Waals surface area contributed by atoms with Crippen molar-refractivity contribution in [2.75, 3.05) is 18.9 Å². The van der Waals surface area contributed by atoms with Crippen LogP contribution < -0.4 is 10.6 Å². The summed E-state index contributed by atoms with van der Waals surface area (Å²) in [5, 5.41) is 16.5. The summed E-state index contributed by atoms with van der Waals surface area (Å²) in [6, 6.07) is 9.70. The second-order valence-electron chi connectivity index (χ2n) is 8.47. The van der Waals surface area contributed by atoms with Crippen molar-refractivity contribution in [3.63, 3.8) is 0 Å². The molecule has 1 aromatic heterocycles. The molecule has 2 aromatic carbocycles. The molecule has 0 spiro atoms. The van der Waals surface area contributed by atoms with E-state index in [1.807, 2.05) is 12.1 Å². The van der Waals surface area contributed by atoms with Gasteiger partial charge in [-0.1, -0.05) is 24.3 Å². The Balaban J connectivity index is 1.41. The minimum Gasteiger partial charge on any atom is -0.508 e. The van der Waals surface area contributed by atoms with E-state index in [-0.39, 0.29) is 35.1 Å². The number of halogens is 1. The van der Waals surface area contributed by atoms with Gasteiger partial charge in [0.1, 0.15) is 11.6 Å². The molecule has 3 atom stereocenters. The molecular formula is C22H23FN4O2S. The van der Waals surface area contributed by atoms with Crippen LogP contribution in [0.4, 0.5) is 14.3 Å². The maximum Gasteiger partial charge on any atom is 0.321 e. The SMILES string of the molecule is CN1CCC2(C)c3cc(O)ccc3CC1C2NC(=O)Nc1nc2cc(F)ccc2s1. The standard InChI is InChI=1S/C22H23FN4O2S/c1-22-7-8-27(2)17(9-12-3-5-14(28)11-15(12)22)19(22)25-20(29)26-21-24-16-10-13(23)4-6-18(16)30-21/h3-6,10-11,17,19,28H,7-9H2,1-2H3,(H2,24,25,26,29). The number of likely N-dealkylation sites (N-methyl/N-ethyl adjacent to an activating group) is 1. The van der Waals surface area contributed by atoms with Crippen molar-refractivity contribution in [3.8, 4) is 5.75 Å². The lowest BCUT2D eigenvalue weighted by molar-refractivity contribution is 0.0718. The van der Waals surface area contributed by atoms with Gasteiger partial charge in [-0.15, -0.1) is 0 Å². The van der Waals surface area contributed by atoms with E-state index < -0.39 is 0 Å². The molecule has 2 aliphatic rings. The number of phenols is 1. The number of anilines is 1. The van der Waals surface area contributed by atoms with Gasteiger partial charge in [-0.25, -0.2) is 14.2 Å². The van der Waals surface area contributed by atoms with Crippen molar-refractivity contribution < 1.29 is 14.3 Å². The van der Waals surface area contributed by atoms with E-state index in [0.717, 1.165) is 29.6 Å². The molecular weight excluding hydrogens is 403 g/mol. The third kappa shape index (κ3) is 3.11. The predicted molar refractivity (Wildman–Crippen MR) is 116 cm³/mol. The van der Waals surface area contributed by atoms with Crippen LogP contribution in [0.25, 0.3) is 10.2 Å². The number of fused-ring (bicyclic) bond motifs is 5. The quantitative estimate of drug-likeness (QED) is 0.582. The number of thiazole rings is 1. The number of carbonyl (C=O) groups excluding carboxylic acids is 1. The van der Waals surface area contributed by atoms with Gasteiger partial charge in [-0.3, -0.25) is 5.32 Å². The fourth-order valence-corrected chi connectivity index (χ4v) is 5.81. The average molecular weight is 427 g/mol. The van der Waals surface area contributed by atoms with Crippen molar-refractivity contribution >= 4 is 32.7 Å². The number of nitrogens with one attached hydrogen (secondary N) is 2. The summed E-state index contributed by atoms with van der Waals surface area (Å²) in [6.07, 6.45) is 1.69. The number of carbonyl (C=O) groups is 1. The molecule has 5 rings (SSSR count). The summed E-state index contributed by atoms with van der Waals surface area (Å²) >= 11 is 1.31. The minimum atomic E-state index is -0.350. The number of aromatic nitrogens is 1. The Morgan fingerprint density at radius 3 is 3.00 bits per heavy atom. The highest BCUT2D eigenvalue weighted by Crippen LogP contribution is 2.45. The van der Waals surface area contributed by atoms with E-state index in [2.05, 4.69) is 34.5 Å². The van der Waals surface area contributed by atoms with Crippen molar-refractivity contribution in [3.05, 3.63) is 53.3 Å². The zero-order valence-electron chi connectivity index (χ0n) is 16.8. The highest BCUT2D eigenvalue weighted by molar-refractivity contribution is 7.22. The Bertz CT molecular complexity index is 1150. The van der Waals surface area contributed by atoms with Gasteiger partial charge < -0.3 is 15.3 Å². The molecule has 1 aliphatic carbocycles. The molecule has 2 amide bonds. The van der Waals surface area contributed by atoms with Gasteiger partial charge in [0.15, 0.2) is 5.13 Å². The molecule has 1 fully saturated rings. The van der Waals surface area contributed by atoms with E-state index in [9.17, 15) is 14.3 Å². The minimum absolute atomic E-state index is 0.114. The summed E-state index contributed by atoms with van der Waals surface area (Å²) in [4.78, 5) is 19.5. The van der Waals surface area contributed by atoms with E-state index >= 15 is 0 Å². The van der Waals surface area contributed by atoms with Gasteiger partial charge in [-0.2, -0.15) is 0 Å². The van der Waals surface area contributed by atoms with Crippen LogP contribution in [0.2, 0.25) is 0 Å². The number of benzene rings is 2. The summed E-state index contributed by atoms with van der Waals surface area (Å²) < 4.78 is 14.2. The first-order valence-corrected chi connectivity index (χ1v) is 10.8. The van der Waals surface area contributed by atoms with Crippen LogP contribution in [0.15, 0.2) is 36.4 Å². The molecule has 3 aromatic rings. The second-order valence-corrected chi connectivity index (χ2v) is 9.50. The van der Waals surface area contributed by atoms with Gasteiger partial charge in [-0.05, 0) is 61.8 Å². The zero-order chi connectivity index (χ0) is 21.0. The lowest BCUT2D eigenvalue weighted by Gasteiger charge is -2.54. The van der Waals surface area contributed by atoms with Gasteiger partial charge >= 0.3 is 6.03 Å². The average Bonchev–Trinajstić information content (AvgIpc) is 3.09. The van der Waals surface area contributed by atoms with Gasteiger partial charge in [0.05, 0.1) is 16.3 Å². The maximum atomic E-state index is 13.4. The summed E-state index contributed by atoms with van der Waals surface area (Å²) in [7, 11) is 2.09. The molecule has 3 N–H and O–H groups in total. The van der Waals surface area contributed by atoms with E-state index in [1.165, 1.54) is 29.0 Å². The molecule has 8 heteroatoms. The lowest BCUT2D eigenvalue weighted by Crippen LogP contribution is -2.67. The Labute approximate surface area is 177 Å². The number of amides is 2. The van der Waals surface area contributed by atoms with Crippen LogP contribution in [0.3, 0.4) is 0 Å². The van der Waals surface area contributed by atoms with Crippen LogP contribution in [0, 0.1) is 5.82 Å². The Morgan fingerprint density at radius 2 is 2.17 bits per heavy atom. The highest BCUT2D eigenvalue weighted by atomic mass is 32.1. The summed E-state index contributed by atoms with van der Waals surface area (Å²) in [6.45, 7) is 3.09. The second kappa shape index (κ2) is 6.92. The summed E-state index contributed by atoms with van der Waals surface area (Å²) in [5.74, 6) is -0.103. The van der Waals surface area contributed by atoms with Crippen molar-refractivity contribution in [2.45, 2.75) is 37.3 Å². The number of likely N-dealkylation sites (tertiary alicyclic amines) is 1. The molecule has 156 valence electrons. The van der Waals surface area contributed by atoms with Gasteiger partial charge in [0.25, 0.3) is 0 Å². The molecule has 3 unspecified atom stereocenters. The van der Waals surface area contributed by atoms with Crippen molar-refractivity contribution in [1.82, 2.24) is 15.2 Å². The predicted octanol–water partition coefficient (Wildman–Crippen LogP) is 3.85. The molecule has 1 saturated heterocycles. The van der Waals surface area contributed by atoms with Crippen molar-refractivity contribution in [2.24, 2.45) is 0 Å². The monoisotopic (exact) mass is 426 g/mol. The molecule has 2 bridgehead atoms. The summed E-state index contributed by atoms with van der Waals surface area (Å²) in [5.41, 5.74) is 2.57. The van der Waals surface area contributed by atoms with Crippen LogP contribution >= 0.6 is 11.3 Å². The first-order valence-electron chi connectivity index (χ1n) is 10.00. The number of nitrogens with zero attached hydrogens (tertiary/aromatic N) is 2. The number of aromatic hydroxyl groups is 1. The van der Waals surface area contributed by atoms with E-state index in [4.69, 9.17) is 0 Å². The van der Waals surface area contributed by atoms with E-state index in [1.54, 1.807) is 12.1 Å². The van der Waals surface area contributed by atoms with Crippen LogP contribution in [0.5, 0.6) is 5.75 Å². The normalized spacial score (nSPS) is 25.7. The van der Waals surface area contributed by atoms with Gasteiger partial charge in [0, 0.05) is 17.5 Å². The maximum absolute atomic E-state index is 13.4. The molecule has 1 aliphatic heterocycles. The highest BCUT2D eigenvalue weighted by Gasteiger charge is 2.50. The Kier molecular flexibility index (Phi) is 4.44. The Hall–Kier alpha value is -2.71. The fourth-order valence-electron chi connectivity index (χ4n) is 4.97. The number of rotatable bonds is 2. The first kappa shape index (κ1) is 19.3.